The van der Waals surface area contributed by atoms with Crippen LogP contribution in [0.5, 0.6) is 0 Å². The molecule has 3 amide bonds. The molecule has 5 heteroatoms. The summed E-state index contributed by atoms with van der Waals surface area (Å²) in [6, 6.07) is 19.5. The molecule has 0 spiro atoms. The normalized spacial score (nSPS) is 16.8. The van der Waals surface area contributed by atoms with Crippen molar-refractivity contribution < 1.29 is 9.59 Å². The molecule has 1 atom stereocenters. The first kappa shape index (κ1) is 17.0. The smallest absolute Gasteiger partial charge is 0.317 e. The molecule has 2 aromatic rings. The van der Waals surface area contributed by atoms with Gasteiger partial charge in [0.15, 0.2) is 0 Å². The van der Waals surface area contributed by atoms with Gasteiger partial charge in [-0.2, -0.15) is 0 Å². The zero-order valence-electron chi connectivity index (χ0n) is 14.4. The maximum Gasteiger partial charge on any atom is 0.317 e. The van der Waals surface area contributed by atoms with E-state index in [1.165, 1.54) is 0 Å². The largest absolute Gasteiger partial charge is 0.336 e. The summed E-state index contributed by atoms with van der Waals surface area (Å²) in [5.74, 6) is 0.0832. The van der Waals surface area contributed by atoms with Crippen LogP contribution in [-0.4, -0.2) is 41.4 Å². The number of hydrogen-bond donors (Lipinski definition) is 1. The number of rotatable bonds is 5. The van der Waals surface area contributed by atoms with Crippen LogP contribution in [0, 0.1) is 0 Å². The number of urea groups is 1. The van der Waals surface area contributed by atoms with E-state index in [1.54, 1.807) is 16.8 Å². The van der Waals surface area contributed by atoms with Crippen LogP contribution in [-0.2, 0) is 17.9 Å². The summed E-state index contributed by atoms with van der Waals surface area (Å²) in [5, 5.41) is 2.97. The Bertz CT molecular complexity index is 718. The zero-order valence-corrected chi connectivity index (χ0v) is 14.4. The van der Waals surface area contributed by atoms with Gasteiger partial charge in [-0.15, -0.1) is 0 Å². The Kier molecular flexibility index (Phi) is 5.33. The van der Waals surface area contributed by atoms with Crippen LogP contribution < -0.4 is 5.32 Å². The molecule has 1 N–H and O–H groups in total. The molecule has 1 heterocycles. The number of likely N-dealkylation sites (tertiary alicyclic amines) is 1. The van der Waals surface area contributed by atoms with Crippen LogP contribution in [0.25, 0.3) is 0 Å². The lowest BCUT2D eigenvalue weighted by molar-refractivity contribution is -0.128. The van der Waals surface area contributed by atoms with Crippen LogP contribution in [0.2, 0.25) is 0 Å². The van der Waals surface area contributed by atoms with Crippen molar-refractivity contribution in [3.63, 3.8) is 0 Å². The summed E-state index contributed by atoms with van der Waals surface area (Å²) in [6.07, 6.45) is 0.359. The second-order valence-corrected chi connectivity index (χ2v) is 6.45. The Hall–Kier alpha value is -2.82. The van der Waals surface area contributed by atoms with Gasteiger partial charge in [-0.3, -0.25) is 4.79 Å². The first-order valence-corrected chi connectivity index (χ1v) is 8.49. The third-order valence-electron chi connectivity index (χ3n) is 4.37. The Morgan fingerprint density at radius 3 is 2.32 bits per heavy atom. The number of benzene rings is 2. The van der Waals surface area contributed by atoms with E-state index in [2.05, 4.69) is 5.32 Å². The average Bonchev–Trinajstić information content (AvgIpc) is 2.95. The van der Waals surface area contributed by atoms with Gasteiger partial charge in [0.1, 0.15) is 0 Å². The highest BCUT2D eigenvalue weighted by Gasteiger charge is 2.31. The highest BCUT2D eigenvalue weighted by atomic mass is 16.2. The molecule has 1 fully saturated rings. The monoisotopic (exact) mass is 337 g/mol. The van der Waals surface area contributed by atoms with Crippen LogP contribution in [0.4, 0.5) is 4.79 Å². The number of nitrogens with zero attached hydrogens (tertiary/aromatic N) is 2. The summed E-state index contributed by atoms with van der Waals surface area (Å²) in [4.78, 5) is 28.0. The predicted octanol–water partition coefficient (Wildman–Crippen LogP) is 2.63. The standard InChI is InChI=1S/C20H23N3O2/c1-22(13-16-8-4-2-5-9-16)20(25)21-18-12-19(24)23(15-18)14-17-10-6-3-7-11-17/h2-11,18H,12-15H2,1H3,(H,21,25). The van der Waals surface area contributed by atoms with E-state index in [4.69, 9.17) is 0 Å². The Morgan fingerprint density at radius 1 is 1.08 bits per heavy atom. The molecule has 3 rings (SSSR count). The lowest BCUT2D eigenvalue weighted by Crippen LogP contribution is -2.43. The van der Waals surface area contributed by atoms with Crippen molar-refractivity contribution in [2.75, 3.05) is 13.6 Å². The molecule has 1 aliphatic rings. The lowest BCUT2D eigenvalue weighted by Gasteiger charge is -2.21. The predicted molar refractivity (Wildman–Crippen MR) is 96.7 cm³/mol. The molecule has 5 nitrogen and oxygen atoms in total. The third-order valence-corrected chi connectivity index (χ3v) is 4.37. The fraction of sp³-hybridized carbons (Fsp3) is 0.300. The van der Waals surface area contributed by atoms with Crippen molar-refractivity contribution >= 4 is 11.9 Å². The molecule has 0 radical (unpaired) electrons. The fourth-order valence-electron chi connectivity index (χ4n) is 3.04. The van der Waals surface area contributed by atoms with Crippen molar-refractivity contribution in [2.24, 2.45) is 0 Å². The van der Waals surface area contributed by atoms with Crippen molar-refractivity contribution in [3.8, 4) is 0 Å². The summed E-state index contributed by atoms with van der Waals surface area (Å²) >= 11 is 0. The van der Waals surface area contributed by atoms with Gasteiger partial charge in [-0.1, -0.05) is 60.7 Å². The lowest BCUT2D eigenvalue weighted by atomic mass is 10.2. The van der Waals surface area contributed by atoms with Crippen molar-refractivity contribution in [3.05, 3.63) is 71.8 Å². The quantitative estimate of drug-likeness (QED) is 0.912. The Labute approximate surface area is 148 Å². The number of nitrogens with one attached hydrogen (secondary N) is 1. The molecule has 0 saturated carbocycles. The summed E-state index contributed by atoms with van der Waals surface area (Å²) < 4.78 is 0. The molecule has 1 unspecified atom stereocenters. The highest BCUT2D eigenvalue weighted by molar-refractivity contribution is 5.81. The van der Waals surface area contributed by atoms with Gasteiger partial charge in [0.05, 0.1) is 6.04 Å². The number of carbonyl (C=O) groups excluding carboxylic acids is 2. The van der Waals surface area contributed by atoms with Crippen LogP contribution in [0.15, 0.2) is 60.7 Å². The number of carbonyl (C=O) groups is 2. The van der Waals surface area contributed by atoms with E-state index < -0.39 is 0 Å². The van der Waals surface area contributed by atoms with E-state index in [9.17, 15) is 9.59 Å². The van der Waals surface area contributed by atoms with Gasteiger partial charge in [-0.05, 0) is 11.1 Å². The second-order valence-electron chi connectivity index (χ2n) is 6.45. The molecule has 25 heavy (non-hydrogen) atoms. The van der Waals surface area contributed by atoms with Crippen LogP contribution in [0.1, 0.15) is 17.5 Å². The molecule has 130 valence electrons. The number of hydrogen-bond acceptors (Lipinski definition) is 2. The van der Waals surface area contributed by atoms with E-state index in [1.807, 2.05) is 60.7 Å². The van der Waals surface area contributed by atoms with Crippen molar-refractivity contribution in [2.45, 2.75) is 25.6 Å². The molecule has 1 aliphatic heterocycles. The summed E-state index contributed by atoms with van der Waals surface area (Å²) in [5.41, 5.74) is 2.18. The molecule has 0 aromatic heterocycles. The van der Waals surface area contributed by atoms with Gasteiger partial charge >= 0.3 is 6.03 Å². The van der Waals surface area contributed by atoms with Gasteiger partial charge < -0.3 is 15.1 Å². The van der Waals surface area contributed by atoms with E-state index in [0.717, 1.165) is 11.1 Å². The van der Waals surface area contributed by atoms with Crippen molar-refractivity contribution in [1.82, 2.24) is 15.1 Å². The van der Waals surface area contributed by atoms with Gasteiger partial charge in [-0.25, -0.2) is 4.79 Å². The van der Waals surface area contributed by atoms with Gasteiger partial charge in [0.2, 0.25) is 5.91 Å². The molecule has 0 bridgehead atoms. The topological polar surface area (TPSA) is 52.7 Å². The highest BCUT2D eigenvalue weighted by Crippen LogP contribution is 2.15. The minimum absolute atomic E-state index is 0.0832. The first-order chi connectivity index (χ1) is 12.1. The SMILES string of the molecule is CN(Cc1ccccc1)C(=O)NC1CC(=O)N(Cc2ccccc2)C1. The maximum atomic E-state index is 12.4. The molecule has 0 aliphatic carbocycles. The molecular weight excluding hydrogens is 314 g/mol. The van der Waals surface area contributed by atoms with E-state index in [-0.39, 0.29) is 18.0 Å². The van der Waals surface area contributed by atoms with Crippen molar-refractivity contribution in [1.29, 1.82) is 0 Å². The number of amides is 3. The van der Waals surface area contributed by atoms with E-state index >= 15 is 0 Å². The average molecular weight is 337 g/mol. The molecule has 1 saturated heterocycles. The Balaban J connectivity index is 1.51. The minimum atomic E-state index is -0.150. The summed E-state index contributed by atoms with van der Waals surface area (Å²) in [7, 11) is 1.76. The minimum Gasteiger partial charge on any atom is -0.336 e. The van der Waals surface area contributed by atoms with Gasteiger partial charge in [0, 0.05) is 33.1 Å². The van der Waals surface area contributed by atoms with Gasteiger partial charge in [0.25, 0.3) is 0 Å². The maximum absolute atomic E-state index is 12.4. The first-order valence-electron chi connectivity index (χ1n) is 8.49. The summed E-state index contributed by atoms with van der Waals surface area (Å²) in [6.45, 7) is 1.69. The molecular formula is C20H23N3O2. The second kappa shape index (κ2) is 7.83. The fourth-order valence-corrected chi connectivity index (χ4v) is 3.04. The third kappa shape index (κ3) is 4.59. The van der Waals surface area contributed by atoms with Crippen LogP contribution >= 0.6 is 0 Å². The zero-order chi connectivity index (χ0) is 17.6. The van der Waals surface area contributed by atoms with Crippen LogP contribution in [0.3, 0.4) is 0 Å². The Morgan fingerprint density at radius 2 is 1.68 bits per heavy atom. The van der Waals surface area contributed by atoms with E-state index in [0.29, 0.717) is 26.1 Å². The molecule has 2 aromatic carbocycles.